The molecule has 2 aromatic carbocycles. The van der Waals surface area contributed by atoms with Crippen LogP contribution in [0.15, 0.2) is 47.6 Å². The number of nitrogens with one attached hydrogen (secondary N) is 1. The van der Waals surface area contributed by atoms with Gasteiger partial charge < -0.3 is 15.9 Å². The zero-order valence-electron chi connectivity index (χ0n) is 17.3. The van der Waals surface area contributed by atoms with Crippen LogP contribution in [0.3, 0.4) is 0 Å². The van der Waals surface area contributed by atoms with Crippen LogP contribution < -0.4 is 15.9 Å². The maximum absolute atomic E-state index is 13.7. The number of aromatic nitrogens is 3. The third-order valence-corrected chi connectivity index (χ3v) is 5.55. The van der Waals surface area contributed by atoms with Gasteiger partial charge in [-0.2, -0.15) is 0 Å². The van der Waals surface area contributed by atoms with E-state index in [0.29, 0.717) is 28.7 Å². The van der Waals surface area contributed by atoms with Crippen molar-refractivity contribution in [3.8, 4) is 5.75 Å². The second kappa shape index (κ2) is 9.78. The molecule has 31 heavy (non-hydrogen) atoms. The average Bonchev–Trinajstić information content (AvgIpc) is 3.08. The van der Waals surface area contributed by atoms with Gasteiger partial charge in [0, 0.05) is 6.07 Å². The SMILES string of the molecule is CC(Sc1nnc(COc2ccc(C(C)C)cc2)n1N)C(=O)Nc1ccc(F)cc1F. The molecule has 164 valence electrons. The molecule has 0 aliphatic heterocycles. The normalized spacial score (nSPS) is 12.1. The van der Waals surface area contributed by atoms with E-state index >= 15 is 0 Å². The third-order valence-electron chi connectivity index (χ3n) is 4.49. The molecule has 0 spiro atoms. The average molecular weight is 448 g/mol. The van der Waals surface area contributed by atoms with Gasteiger partial charge in [0.2, 0.25) is 11.1 Å². The molecule has 1 atom stereocenters. The smallest absolute Gasteiger partial charge is 0.237 e. The van der Waals surface area contributed by atoms with E-state index in [4.69, 9.17) is 10.6 Å². The van der Waals surface area contributed by atoms with E-state index in [9.17, 15) is 13.6 Å². The first-order valence-corrected chi connectivity index (χ1v) is 10.5. The molecule has 0 radical (unpaired) electrons. The molecule has 0 aliphatic rings. The van der Waals surface area contributed by atoms with E-state index < -0.39 is 22.8 Å². The van der Waals surface area contributed by atoms with Crippen molar-refractivity contribution < 1.29 is 18.3 Å². The van der Waals surface area contributed by atoms with E-state index in [1.165, 1.54) is 10.2 Å². The summed E-state index contributed by atoms with van der Waals surface area (Å²) in [5, 5.41) is 10.1. The number of nitrogens with zero attached hydrogens (tertiary/aromatic N) is 3. The molecule has 3 N–H and O–H groups in total. The standard InChI is InChI=1S/C21H23F2N5O2S/c1-12(2)14-4-7-16(8-5-14)30-11-19-26-27-21(28(19)24)31-13(3)20(29)25-18-9-6-15(22)10-17(18)23/h4-10,12-13H,11,24H2,1-3H3,(H,25,29). The van der Waals surface area contributed by atoms with Crippen molar-refractivity contribution in [1.82, 2.24) is 14.9 Å². The van der Waals surface area contributed by atoms with Gasteiger partial charge in [0.1, 0.15) is 24.0 Å². The molecule has 3 rings (SSSR count). The van der Waals surface area contributed by atoms with Crippen molar-refractivity contribution in [3.05, 3.63) is 65.5 Å². The number of rotatable bonds is 8. The lowest BCUT2D eigenvalue weighted by atomic mass is 10.0. The molecular formula is C21H23F2N5O2S. The number of thioether (sulfide) groups is 1. The first-order chi connectivity index (χ1) is 14.7. The van der Waals surface area contributed by atoms with Gasteiger partial charge in [-0.3, -0.25) is 4.79 Å². The van der Waals surface area contributed by atoms with E-state index in [1.54, 1.807) is 6.92 Å². The number of nitrogen functional groups attached to an aromatic ring is 1. The van der Waals surface area contributed by atoms with Crippen LogP contribution >= 0.6 is 11.8 Å². The number of hydrogen-bond donors (Lipinski definition) is 2. The summed E-state index contributed by atoms with van der Waals surface area (Å²) in [6.07, 6.45) is 0. The molecular weight excluding hydrogens is 424 g/mol. The Labute approximate surface area is 183 Å². The van der Waals surface area contributed by atoms with Gasteiger partial charge in [-0.25, -0.2) is 13.5 Å². The Bertz CT molecular complexity index is 1060. The van der Waals surface area contributed by atoms with Gasteiger partial charge in [0.05, 0.1) is 10.9 Å². The second-order valence-electron chi connectivity index (χ2n) is 7.15. The van der Waals surface area contributed by atoms with Gasteiger partial charge in [0.15, 0.2) is 5.82 Å². The lowest BCUT2D eigenvalue weighted by molar-refractivity contribution is -0.115. The van der Waals surface area contributed by atoms with E-state index in [-0.39, 0.29) is 12.3 Å². The Morgan fingerprint density at radius 2 is 1.87 bits per heavy atom. The molecule has 3 aromatic rings. The number of nitrogens with two attached hydrogens (primary N) is 1. The number of benzene rings is 2. The number of halogens is 2. The molecule has 0 saturated heterocycles. The molecule has 7 nitrogen and oxygen atoms in total. The summed E-state index contributed by atoms with van der Waals surface area (Å²) in [6, 6.07) is 10.7. The minimum Gasteiger partial charge on any atom is -0.486 e. The Morgan fingerprint density at radius 3 is 2.52 bits per heavy atom. The monoisotopic (exact) mass is 447 g/mol. The van der Waals surface area contributed by atoms with Crippen molar-refractivity contribution in [1.29, 1.82) is 0 Å². The third kappa shape index (κ3) is 5.72. The van der Waals surface area contributed by atoms with Crippen molar-refractivity contribution in [2.75, 3.05) is 11.2 Å². The summed E-state index contributed by atoms with van der Waals surface area (Å²) in [7, 11) is 0. The highest BCUT2D eigenvalue weighted by atomic mass is 32.2. The van der Waals surface area contributed by atoms with Crippen LogP contribution in [0.25, 0.3) is 0 Å². The van der Waals surface area contributed by atoms with Crippen LogP contribution in [-0.2, 0) is 11.4 Å². The highest BCUT2D eigenvalue weighted by Crippen LogP contribution is 2.24. The van der Waals surface area contributed by atoms with Gasteiger partial charge in [-0.15, -0.1) is 10.2 Å². The Kier molecular flexibility index (Phi) is 7.11. The molecule has 10 heteroatoms. The predicted octanol–water partition coefficient (Wildman–Crippen LogP) is 4.09. The zero-order valence-corrected chi connectivity index (χ0v) is 18.1. The molecule has 1 amide bonds. The van der Waals surface area contributed by atoms with Crippen LogP contribution in [-0.4, -0.2) is 26.0 Å². The Morgan fingerprint density at radius 1 is 1.16 bits per heavy atom. The number of anilines is 1. The molecule has 0 aliphatic carbocycles. The van der Waals surface area contributed by atoms with Gasteiger partial charge in [-0.1, -0.05) is 37.7 Å². The van der Waals surface area contributed by atoms with Gasteiger partial charge in [-0.05, 0) is 42.7 Å². The van der Waals surface area contributed by atoms with E-state index in [1.807, 2.05) is 24.3 Å². The number of hydrogen-bond acceptors (Lipinski definition) is 6. The number of carbonyl (C=O) groups is 1. The molecule has 0 fully saturated rings. The van der Waals surface area contributed by atoms with E-state index in [2.05, 4.69) is 29.4 Å². The summed E-state index contributed by atoms with van der Waals surface area (Å²) in [5.74, 6) is 5.46. The van der Waals surface area contributed by atoms with Crippen LogP contribution in [0.2, 0.25) is 0 Å². The van der Waals surface area contributed by atoms with Crippen molar-refractivity contribution in [3.63, 3.8) is 0 Å². The lowest BCUT2D eigenvalue weighted by Crippen LogP contribution is -2.24. The maximum atomic E-state index is 13.7. The molecule has 0 saturated carbocycles. The van der Waals surface area contributed by atoms with Crippen LogP contribution in [0, 0.1) is 11.6 Å². The predicted molar refractivity (Wildman–Crippen MR) is 115 cm³/mol. The second-order valence-corrected chi connectivity index (χ2v) is 8.46. The largest absolute Gasteiger partial charge is 0.486 e. The van der Waals surface area contributed by atoms with Gasteiger partial charge in [0.25, 0.3) is 0 Å². The van der Waals surface area contributed by atoms with Crippen molar-refractivity contribution in [2.45, 2.75) is 43.7 Å². The summed E-state index contributed by atoms with van der Waals surface area (Å²) in [6.45, 7) is 5.95. The fourth-order valence-corrected chi connectivity index (χ4v) is 3.41. The topological polar surface area (TPSA) is 95.1 Å². The first-order valence-electron chi connectivity index (χ1n) is 9.59. The molecule has 1 aromatic heterocycles. The highest BCUT2D eigenvalue weighted by Gasteiger charge is 2.20. The zero-order chi connectivity index (χ0) is 22.5. The maximum Gasteiger partial charge on any atom is 0.237 e. The molecule has 1 heterocycles. The van der Waals surface area contributed by atoms with Crippen LogP contribution in [0.4, 0.5) is 14.5 Å². The summed E-state index contributed by atoms with van der Waals surface area (Å²) < 4.78 is 33.7. The number of amides is 1. The number of carbonyl (C=O) groups excluding carboxylic acids is 1. The first kappa shape index (κ1) is 22.5. The number of ether oxygens (including phenoxy) is 1. The fraction of sp³-hybridized carbons (Fsp3) is 0.286. The Hall–Kier alpha value is -3.14. The van der Waals surface area contributed by atoms with Crippen molar-refractivity contribution in [2.24, 2.45) is 0 Å². The van der Waals surface area contributed by atoms with Crippen LogP contribution in [0.1, 0.15) is 38.1 Å². The summed E-state index contributed by atoms with van der Waals surface area (Å²) in [4.78, 5) is 12.3. The fourth-order valence-electron chi connectivity index (χ4n) is 2.62. The Balaban J connectivity index is 1.58. The minimum absolute atomic E-state index is 0.104. The minimum atomic E-state index is -0.853. The van der Waals surface area contributed by atoms with Crippen LogP contribution in [0.5, 0.6) is 5.75 Å². The lowest BCUT2D eigenvalue weighted by Gasteiger charge is -2.12. The van der Waals surface area contributed by atoms with Gasteiger partial charge >= 0.3 is 0 Å². The molecule has 0 bridgehead atoms. The van der Waals surface area contributed by atoms with Crippen molar-refractivity contribution >= 4 is 23.4 Å². The van der Waals surface area contributed by atoms with E-state index in [0.717, 1.165) is 23.9 Å². The summed E-state index contributed by atoms with van der Waals surface area (Å²) >= 11 is 1.05. The highest BCUT2D eigenvalue weighted by molar-refractivity contribution is 8.00. The summed E-state index contributed by atoms with van der Waals surface area (Å²) in [5.41, 5.74) is 1.10. The molecule has 1 unspecified atom stereocenters. The quantitative estimate of drug-likeness (QED) is 0.399.